The third kappa shape index (κ3) is 3.81. The number of imidazole rings is 1. The van der Waals surface area contributed by atoms with Crippen LogP contribution in [0.25, 0.3) is 23.0 Å². The molecule has 1 unspecified atom stereocenters. The standard InChI is InChI=1S/C27H31N7O2/c1-36-22-15-18(6-7-19(22)28)27(35)33-11-8-16(9-12-33)26-32-23(24-25(29)30-10-13-34(24)26)21-14-17-4-2-3-5-20(17)31-21/h3,5-7,10,13-16,27,31,35H,2,4,8-9,11-12,28H2,1H3,(H2,29,30). The number of piperidine rings is 1. The average molecular weight is 486 g/mol. The number of rotatable bonds is 5. The second kappa shape index (κ2) is 9.00. The number of methoxy groups -OCH3 is 1. The number of nitrogens with two attached hydrogens (primary N) is 2. The Balaban J connectivity index is 1.27. The summed E-state index contributed by atoms with van der Waals surface area (Å²) in [5.74, 6) is 2.27. The summed E-state index contributed by atoms with van der Waals surface area (Å²) in [6, 6.07) is 7.62. The van der Waals surface area contributed by atoms with Crippen LogP contribution in [-0.4, -0.2) is 49.6 Å². The van der Waals surface area contributed by atoms with Crippen molar-refractivity contribution in [2.75, 3.05) is 31.7 Å². The molecular weight excluding hydrogens is 454 g/mol. The van der Waals surface area contributed by atoms with E-state index in [1.165, 1.54) is 5.56 Å². The lowest BCUT2D eigenvalue weighted by Crippen LogP contribution is -2.36. The number of fused-ring (bicyclic) bond motifs is 2. The molecule has 4 heterocycles. The topological polar surface area (TPSA) is 131 Å². The summed E-state index contributed by atoms with van der Waals surface area (Å²) < 4.78 is 7.42. The van der Waals surface area contributed by atoms with Gasteiger partial charge in [0.2, 0.25) is 0 Å². The molecule has 1 saturated heterocycles. The SMILES string of the molecule is COc1cc(C(O)N2CCC(c3nc(-c4cc5c([nH]4)C=CCC5)c4c(N)nccn34)CC2)ccc1N. The van der Waals surface area contributed by atoms with Crippen molar-refractivity contribution < 1.29 is 9.84 Å². The number of aromatic amines is 1. The fraction of sp³-hybridized carbons (Fsp3) is 0.333. The number of aliphatic hydroxyl groups excluding tert-OH is 1. The maximum atomic E-state index is 11.0. The smallest absolute Gasteiger partial charge is 0.150 e. The molecule has 0 amide bonds. The van der Waals surface area contributed by atoms with Crippen LogP contribution in [0.15, 0.2) is 42.7 Å². The van der Waals surface area contributed by atoms with E-state index in [1.54, 1.807) is 25.4 Å². The van der Waals surface area contributed by atoms with E-state index in [0.29, 0.717) is 17.3 Å². The number of benzene rings is 1. The Kier molecular flexibility index (Phi) is 5.66. The molecule has 3 aromatic heterocycles. The fourth-order valence-corrected chi connectivity index (χ4v) is 5.50. The molecule has 0 bridgehead atoms. The number of nitrogens with one attached hydrogen (secondary N) is 1. The number of ether oxygens (including phenoxy) is 1. The first kappa shape index (κ1) is 22.6. The van der Waals surface area contributed by atoms with Gasteiger partial charge in [-0.3, -0.25) is 9.30 Å². The number of anilines is 2. The number of aliphatic hydroxyl groups is 1. The van der Waals surface area contributed by atoms with Crippen LogP contribution in [-0.2, 0) is 6.42 Å². The lowest BCUT2D eigenvalue weighted by Gasteiger charge is -2.35. The highest BCUT2D eigenvalue weighted by Crippen LogP contribution is 2.37. The van der Waals surface area contributed by atoms with E-state index in [1.807, 2.05) is 12.3 Å². The molecule has 2 aliphatic rings. The molecule has 9 nitrogen and oxygen atoms in total. The van der Waals surface area contributed by atoms with E-state index in [4.69, 9.17) is 21.2 Å². The molecule has 1 aliphatic carbocycles. The number of nitrogens with zero attached hydrogens (tertiary/aromatic N) is 4. The molecule has 1 atom stereocenters. The van der Waals surface area contributed by atoms with Crippen LogP contribution in [0.5, 0.6) is 5.75 Å². The molecule has 0 radical (unpaired) electrons. The summed E-state index contributed by atoms with van der Waals surface area (Å²) in [5.41, 5.74) is 18.7. The third-order valence-electron chi connectivity index (χ3n) is 7.46. The van der Waals surface area contributed by atoms with Gasteiger partial charge in [-0.25, -0.2) is 9.97 Å². The molecule has 0 spiro atoms. The van der Waals surface area contributed by atoms with E-state index < -0.39 is 6.23 Å². The highest BCUT2D eigenvalue weighted by Gasteiger charge is 2.30. The quantitative estimate of drug-likeness (QED) is 0.317. The van der Waals surface area contributed by atoms with Gasteiger partial charge in [-0.15, -0.1) is 0 Å². The number of nitrogen functional groups attached to an aromatic ring is 2. The molecule has 1 aliphatic heterocycles. The highest BCUT2D eigenvalue weighted by atomic mass is 16.5. The summed E-state index contributed by atoms with van der Waals surface area (Å²) in [4.78, 5) is 15.1. The number of hydrogen-bond donors (Lipinski definition) is 4. The van der Waals surface area contributed by atoms with Crippen molar-refractivity contribution in [3.8, 4) is 17.1 Å². The minimum Gasteiger partial charge on any atom is -0.495 e. The van der Waals surface area contributed by atoms with Crippen LogP contribution >= 0.6 is 0 Å². The van der Waals surface area contributed by atoms with Gasteiger partial charge in [-0.2, -0.15) is 0 Å². The Bertz CT molecular complexity index is 1450. The monoisotopic (exact) mass is 485 g/mol. The summed E-state index contributed by atoms with van der Waals surface area (Å²) in [7, 11) is 1.58. The number of likely N-dealkylation sites (tertiary alicyclic amines) is 1. The maximum Gasteiger partial charge on any atom is 0.150 e. The Labute approximate surface area is 209 Å². The van der Waals surface area contributed by atoms with Gasteiger partial charge >= 0.3 is 0 Å². The van der Waals surface area contributed by atoms with E-state index >= 15 is 0 Å². The van der Waals surface area contributed by atoms with Crippen LogP contribution in [0.1, 0.15) is 54.1 Å². The van der Waals surface area contributed by atoms with Crippen LogP contribution in [0, 0.1) is 0 Å². The molecule has 186 valence electrons. The van der Waals surface area contributed by atoms with Gasteiger partial charge in [0.05, 0.1) is 18.5 Å². The van der Waals surface area contributed by atoms with Gasteiger partial charge < -0.3 is 26.3 Å². The molecule has 6 N–H and O–H groups in total. The van der Waals surface area contributed by atoms with E-state index in [2.05, 4.69) is 37.5 Å². The van der Waals surface area contributed by atoms with E-state index in [9.17, 15) is 5.11 Å². The van der Waals surface area contributed by atoms with E-state index in [-0.39, 0.29) is 5.92 Å². The normalized spacial score (nSPS) is 17.4. The van der Waals surface area contributed by atoms with E-state index in [0.717, 1.165) is 72.8 Å². The van der Waals surface area contributed by atoms with Crippen LogP contribution in [0.2, 0.25) is 0 Å². The van der Waals surface area contributed by atoms with Crippen molar-refractivity contribution in [2.24, 2.45) is 0 Å². The first-order valence-corrected chi connectivity index (χ1v) is 12.4. The number of hydrogen-bond acceptors (Lipinski definition) is 7. The van der Waals surface area contributed by atoms with Crippen molar-refractivity contribution >= 4 is 23.1 Å². The highest BCUT2D eigenvalue weighted by molar-refractivity contribution is 5.85. The number of aryl methyl sites for hydroxylation is 1. The molecule has 36 heavy (non-hydrogen) atoms. The van der Waals surface area contributed by atoms with Crippen molar-refractivity contribution in [1.82, 2.24) is 24.3 Å². The zero-order chi connectivity index (χ0) is 24.8. The van der Waals surface area contributed by atoms with Gasteiger partial charge in [0, 0.05) is 37.1 Å². The first-order chi connectivity index (χ1) is 17.5. The second-order valence-corrected chi connectivity index (χ2v) is 9.60. The Morgan fingerprint density at radius 3 is 2.81 bits per heavy atom. The minimum atomic E-state index is -0.717. The largest absolute Gasteiger partial charge is 0.495 e. The summed E-state index contributed by atoms with van der Waals surface area (Å²) in [5, 5.41) is 11.0. The Morgan fingerprint density at radius 1 is 1.19 bits per heavy atom. The van der Waals surface area contributed by atoms with Crippen molar-refractivity contribution in [2.45, 2.75) is 37.8 Å². The Hall–Kier alpha value is -3.82. The Morgan fingerprint density at radius 2 is 2.03 bits per heavy atom. The first-order valence-electron chi connectivity index (χ1n) is 12.4. The zero-order valence-corrected chi connectivity index (χ0v) is 20.3. The fourth-order valence-electron chi connectivity index (χ4n) is 5.50. The van der Waals surface area contributed by atoms with Gasteiger partial charge in [0.25, 0.3) is 0 Å². The average Bonchev–Trinajstić information content (AvgIpc) is 3.51. The van der Waals surface area contributed by atoms with Gasteiger partial charge in [-0.05, 0) is 61.1 Å². The van der Waals surface area contributed by atoms with Crippen LogP contribution in [0.3, 0.4) is 0 Å². The van der Waals surface area contributed by atoms with Gasteiger partial charge in [0.15, 0.2) is 0 Å². The number of H-pyrrole nitrogens is 1. The summed E-state index contributed by atoms with van der Waals surface area (Å²) >= 11 is 0. The third-order valence-corrected chi connectivity index (χ3v) is 7.46. The molecule has 6 rings (SSSR count). The van der Waals surface area contributed by atoms with Gasteiger partial charge in [-0.1, -0.05) is 12.1 Å². The number of aromatic nitrogens is 4. The summed E-state index contributed by atoms with van der Waals surface area (Å²) in [6.45, 7) is 1.48. The predicted molar refractivity (Wildman–Crippen MR) is 140 cm³/mol. The zero-order valence-electron chi connectivity index (χ0n) is 20.3. The lowest BCUT2D eigenvalue weighted by atomic mass is 9.95. The molecule has 9 heteroatoms. The van der Waals surface area contributed by atoms with Crippen molar-refractivity contribution in [1.29, 1.82) is 0 Å². The van der Waals surface area contributed by atoms with Gasteiger partial charge in [0.1, 0.15) is 34.8 Å². The molecular formula is C27H31N7O2. The second-order valence-electron chi connectivity index (χ2n) is 9.60. The number of allylic oxidation sites excluding steroid dienone is 1. The minimum absolute atomic E-state index is 0.238. The molecule has 1 aromatic carbocycles. The van der Waals surface area contributed by atoms with Crippen LogP contribution < -0.4 is 16.2 Å². The molecule has 4 aromatic rings. The van der Waals surface area contributed by atoms with Crippen molar-refractivity contribution in [3.63, 3.8) is 0 Å². The molecule has 0 saturated carbocycles. The predicted octanol–water partition coefficient (Wildman–Crippen LogP) is 3.73. The van der Waals surface area contributed by atoms with Crippen LogP contribution in [0.4, 0.5) is 11.5 Å². The molecule has 1 fully saturated rings. The summed E-state index contributed by atoms with van der Waals surface area (Å²) in [6.07, 6.45) is 11.1. The lowest BCUT2D eigenvalue weighted by molar-refractivity contribution is -0.0137. The van der Waals surface area contributed by atoms with Crippen molar-refractivity contribution in [3.05, 3.63) is 65.4 Å². The maximum absolute atomic E-state index is 11.0.